The number of hydrogen-bond acceptors (Lipinski definition) is 3. The fourth-order valence-electron chi connectivity index (χ4n) is 2.80. The molecule has 2 rings (SSSR count). The lowest BCUT2D eigenvalue weighted by Crippen LogP contribution is -2.49. The second kappa shape index (κ2) is 9.19. The zero-order valence-electron chi connectivity index (χ0n) is 12.0. The molecule has 0 aliphatic carbocycles. The molecule has 2 amide bonds. The van der Waals surface area contributed by atoms with Gasteiger partial charge in [-0.25, -0.2) is 0 Å². The van der Waals surface area contributed by atoms with Crippen molar-refractivity contribution in [1.29, 1.82) is 0 Å². The van der Waals surface area contributed by atoms with Gasteiger partial charge in [-0.3, -0.25) is 9.59 Å². The van der Waals surface area contributed by atoms with E-state index in [2.05, 4.69) is 10.6 Å². The summed E-state index contributed by atoms with van der Waals surface area (Å²) < 4.78 is 0. The summed E-state index contributed by atoms with van der Waals surface area (Å²) in [6.07, 6.45) is 7.02. The Morgan fingerprint density at radius 2 is 2.05 bits per heavy atom. The van der Waals surface area contributed by atoms with Gasteiger partial charge in [0.05, 0.1) is 6.54 Å². The molecule has 6 heteroatoms. The molecule has 116 valence electrons. The quantitative estimate of drug-likeness (QED) is 0.820. The number of nitrogens with one attached hydrogen (secondary N) is 2. The highest BCUT2D eigenvalue weighted by molar-refractivity contribution is 5.85. The first-order valence-corrected chi connectivity index (χ1v) is 7.53. The Morgan fingerprint density at radius 3 is 2.80 bits per heavy atom. The Balaban J connectivity index is 0.00000200. The molecule has 0 radical (unpaired) electrons. The second-order valence-electron chi connectivity index (χ2n) is 5.59. The zero-order valence-corrected chi connectivity index (χ0v) is 12.8. The molecule has 2 N–H and O–H groups in total. The Kier molecular flexibility index (Phi) is 7.92. The third kappa shape index (κ3) is 5.67. The first kappa shape index (κ1) is 17.2. The van der Waals surface area contributed by atoms with Gasteiger partial charge in [0, 0.05) is 25.6 Å². The van der Waals surface area contributed by atoms with Crippen molar-refractivity contribution in [2.24, 2.45) is 0 Å². The minimum absolute atomic E-state index is 0. The predicted octanol–water partition coefficient (Wildman–Crippen LogP) is 1.07. The van der Waals surface area contributed by atoms with Crippen LogP contribution in [0, 0.1) is 0 Å². The summed E-state index contributed by atoms with van der Waals surface area (Å²) in [6.45, 7) is 2.85. The average Bonchev–Trinajstić information content (AvgIpc) is 2.40. The van der Waals surface area contributed by atoms with E-state index in [9.17, 15) is 9.59 Å². The molecule has 0 aromatic heterocycles. The molecule has 0 spiro atoms. The van der Waals surface area contributed by atoms with Crippen molar-refractivity contribution in [2.45, 2.75) is 51.0 Å². The van der Waals surface area contributed by atoms with Crippen LogP contribution in [-0.2, 0) is 9.59 Å². The van der Waals surface area contributed by atoms with Crippen LogP contribution in [0.4, 0.5) is 0 Å². The number of amides is 2. The van der Waals surface area contributed by atoms with Gasteiger partial charge in [0.1, 0.15) is 0 Å². The Morgan fingerprint density at radius 1 is 1.25 bits per heavy atom. The van der Waals surface area contributed by atoms with Crippen LogP contribution in [0.1, 0.15) is 44.9 Å². The summed E-state index contributed by atoms with van der Waals surface area (Å²) in [5, 5.41) is 6.30. The van der Waals surface area contributed by atoms with E-state index in [1.54, 1.807) is 4.90 Å². The third-order valence-electron chi connectivity index (χ3n) is 3.92. The molecule has 0 aromatic rings. The number of carbonyl (C=O) groups is 2. The average molecular weight is 304 g/mol. The molecule has 2 saturated heterocycles. The van der Waals surface area contributed by atoms with Crippen LogP contribution in [0.15, 0.2) is 0 Å². The van der Waals surface area contributed by atoms with E-state index in [1.807, 2.05) is 0 Å². The SMILES string of the molecule is Cl.O=C(CN1CCCCCCC1=O)N[C@H]1CCCNC1. The Hall–Kier alpha value is -0.810. The standard InChI is InChI=1S/C14H25N3O2.ClH/c18-13(16-12-6-5-8-15-10-12)11-17-9-4-2-1-3-7-14(17)19;/h12,15H,1-11H2,(H,16,18);1H/t12-;/m0./s1. The lowest BCUT2D eigenvalue weighted by atomic mass is 10.1. The number of likely N-dealkylation sites (tertiary alicyclic amines) is 1. The van der Waals surface area contributed by atoms with Crippen LogP contribution in [0.25, 0.3) is 0 Å². The minimum atomic E-state index is -0.0115. The summed E-state index contributed by atoms with van der Waals surface area (Å²) in [5.74, 6) is 0.124. The minimum Gasteiger partial charge on any atom is -0.351 e. The van der Waals surface area contributed by atoms with Gasteiger partial charge in [-0.05, 0) is 32.2 Å². The fraction of sp³-hybridized carbons (Fsp3) is 0.857. The van der Waals surface area contributed by atoms with Gasteiger partial charge in [0.15, 0.2) is 0 Å². The van der Waals surface area contributed by atoms with Gasteiger partial charge in [0.25, 0.3) is 0 Å². The highest BCUT2D eigenvalue weighted by Gasteiger charge is 2.20. The lowest BCUT2D eigenvalue weighted by molar-refractivity contribution is -0.136. The predicted molar refractivity (Wildman–Crippen MR) is 80.9 cm³/mol. The van der Waals surface area contributed by atoms with Crippen LogP contribution >= 0.6 is 12.4 Å². The normalized spacial score (nSPS) is 24.3. The number of carbonyl (C=O) groups excluding carboxylic acids is 2. The highest BCUT2D eigenvalue weighted by atomic mass is 35.5. The second-order valence-corrected chi connectivity index (χ2v) is 5.59. The largest absolute Gasteiger partial charge is 0.351 e. The van der Waals surface area contributed by atoms with Gasteiger partial charge in [-0.1, -0.05) is 12.8 Å². The van der Waals surface area contributed by atoms with Gasteiger partial charge in [-0.15, -0.1) is 12.4 Å². The first-order chi connectivity index (χ1) is 9.25. The molecular weight excluding hydrogens is 278 g/mol. The molecule has 1 atom stereocenters. The summed E-state index contributed by atoms with van der Waals surface area (Å²) >= 11 is 0. The van der Waals surface area contributed by atoms with E-state index in [1.165, 1.54) is 0 Å². The van der Waals surface area contributed by atoms with E-state index < -0.39 is 0 Å². The first-order valence-electron chi connectivity index (χ1n) is 7.53. The Bertz CT molecular complexity index is 320. The van der Waals surface area contributed by atoms with E-state index in [4.69, 9.17) is 0 Å². The molecule has 5 nitrogen and oxygen atoms in total. The molecule has 20 heavy (non-hydrogen) atoms. The zero-order chi connectivity index (χ0) is 13.5. The molecule has 0 bridgehead atoms. The van der Waals surface area contributed by atoms with Crippen LogP contribution in [-0.4, -0.2) is 48.9 Å². The summed E-state index contributed by atoms with van der Waals surface area (Å²) in [7, 11) is 0. The van der Waals surface area contributed by atoms with Crippen molar-refractivity contribution in [3.8, 4) is 0 Å². The van der Waals surface area contributed by atoms with E-state index in [0.29, 0.717) is 6.42 Å². The van der Waals surface area contributed by atoms with Crippen molar-refractivity contribution in [1.82, 2.24) is 15.5 Å². The van der Waals surface area contributed by atoms with Crippen LogP contribution < -0.4 is 10.6 Å². The van der Waals surface area contributed by atoms with Gasteiger partial charge in [-0.2, -0.15) is 0 Å². The summed E-state index contributed by atoms with van der Waals surface area (Å²) in [5.41, 5.74) is 0. The van der Waals surface area contributed by atoms with E-state index in [0.717, 1.165) is 58.2 Å². The topological polar surface area (TPSA) is 61.4 Å². The summed E-state index contributed by atoms with van der Waals surface area (Å²) in [4.78, 5) is 25.6. The number of halogens is 1. The van der Waals surface area contributed by atoms with E-state index >= 15 is 0 Å². The van der Waals surface area contributed by atoms with Crippen molar-refractivity contribution in [3.05, 3.63) is 0 Å². The molecule has 2 aliphatic heterocycles. The third-order valence-corrected chi connectivity index (χ3v) is 3.92. The lowest BCUT2D eigenvalue weighted by Gasteiger charge is -2.27. The maximum Gasteiger partial charge on any atom is 0.239 e. The number of hydrogen-bond donors (Lipinski definition) is 2. The molecule has 0 unspecified atom stereocenters. The maximum atomic E-state index is 12.0. The fourth-order valence-corrected chi connectivity index (χ4v) is 2.80. The van der Waals surface area contributed by atoms with Crippen molar-refractivity contribution >= 4 is 24.2 Å². The number of rotatable bonds is 3. The molecule has 2 heterocycles. The molecular formula is C14H26ClN3O2. The van der Waals surface area contributed by atoms with Gasteiger partial charge in [0.2, 0.25) is 11.8 Å². The Labute approximate surface area is 127 Å². The van der Waals surface area contributed by atoms with Crippen molar-refractivity contribution < 1.29 is 9.59 Å². The van der Waals surface area contributed by atoms with Crippen LogP contribution in [0.2, 0.25) is 0 Å². The molecule has 0 aromatic carbocycles. The van der Waals surface area contributed by atoms with Crippen LogP contribution in [0.3, 0.4) is 0 Å². The summed E-state index contributed by atoms with van der Waals surface area (Å²) in [6, 6.07) is 0.228. The van der Waals surface area contributed by atoms with Gasteiger partial charge >= 0.3 is 0 Å². The smallest absolute Gasteiger partial charge is 0.239 e. The van der Waals surface area contributed by atoms with E-state index in [-0.39, 0.29) is 36.8 Å². The van der Waals surface area contributed by atoms with Crippen molar-refractivity contribution in [3.63, 3.8) is 0 Å². The van der Waals surface area contributed by atoms with Gasteiger partial charge < -0.3 is 15.5 Å². The monoisotopic (exact) mass is 303 g/mol. The highest BCUT2D eigenvalue weighted by Crippen LogP contribution is 2.11. The number of piperidine rings is 1. The maximum absolute atomic E-state index is 12.0. The molecule has 2 fully saturated rings. The number of nitrogens with zero attached hydrogens (tertiary/aromatic N) is 1. The molecule has 2 aliphatic rings. The van der Waals surface area contributed by atoms with Crippen molar-refractivity contribution in [2.75, 3.05) is 26.2 Å². The molecule has 0 saturated carbocycles. The van der Waals surface area contributed by atoms with Crippen LogP contribution in [0.5, 0.6) is 0 Å².